The van der Waals surface area contributed by atoms with Crippen molar-refractivity contribution in [3.8, 4) is 0 Å². The summed E-state index contributed by atoms with van der Waals surface area (Å²) >= 11 is 0. The van der Waals surface area contributed by atoms with Crippen LogP contribution in [-0.4, -0.2) is 16.5 Å². The minimum Gasteiger partial charge on any atom is -0.340 e. The van der Waals surface area contributed by atoms with Gasteiger partial charge in [0.2, 0.25) is 5.95 Å². The molecule has 0 saturated heterocycles. The Hall–Kier alpha value is -3.09. The molecule has 0 amide bonds. The second-order valence-corrected chi connectivity index (χ2v) is 5.94. The monoisotopic (exact) mass is 372 g/mol. The van der Waals surface area contributed by atoms with Crippen molar-refractivity contribution < 1.29 is 13.2 Å². The van der Waals surface area contributed by atoms with Crippen LogP contribution in [-0.2, 0) is 12.7 Å². The first-order valence-electron chi connectivity index (χ1n) is 8.52. The molecule has 0 unspecified atom stereocenters. The fourth-order valence-electron chi connectivity index (χ4n) is 2.59. The quantitative estimate of drug-likeness (QED) is 0.640. The molecule has 3 rings (SSSR count). The van der Waals surface area contributed by atoms with Gasteiger partial charge >= 0.3 is 6.18 Å². The minimum atomic E-state index is -4.35. The Labute approximate surface area is 155 Å². The van der Waals surface area contributed by atoms with Gasteiger partial charge in [0.05, 0.1) is 5.56 Å². The number of hydrogen-bond acceptors (Lipinski definition) is 4. The predicted octanol–water partition coefficient (Wildman–Crippen LogP) is 5.27. The molecule has 140 valence electrons. The molecule has 0 radical (unpaired) electrons. The third-order valence-corrected chi connectivity index (χ3v) is 4.01. The van der Waals surface area contributed by atoms with E-state index in [1.165, 1.54) is 12.1 Å². The van der Waals surface area contributed by atoms with Crippen LogP contribution in [0.25, 0.3) is 0 Å². The van der Waals surface area contributed by atoms with Gasteiger partial charge in [0, 0.05) is 25.0 Å². The highest BCUT2D eigenvalue weighted by molar-refractivity contribution is 5.57. The van der Waals surface area contributed by atoms with Crippen LogP contribution in [0.1, 0.15) is 18.1 Å². The van der Waals surface area contributed by atoms with Crippen molar-refractivity contribution in [1.82, 2.24) is 9.97 Å². The molecular formula is C20H19F3N4. The van der Waals surface area contributed by atoms with Gasteiger partial charge in [-0.25, -0.2) is 4.98 Å². The molecule has 0 aliphatic carbocycles. The van der Waals surface area contributed by atoms with E-state index in [0.29, 0.717) is 24.0 Å². The van der Waals surface area contributed by atoms with Gasteiger partial charge in [0.1, 0.15) is 5.82 Å². The lowest BCUT2D eigenvalue weighted by atomic mass is 10.2. The maximum atomic E-state index is 12.7. The van der Waals surface area contributed by atoms with Gasteiger partial charge in [-0.1, -0.05) is 30.3 Å². The number of hydrogen-bond donors (Lipinski definition) is 1. The molecule has 27 heavy (non-hydrogen) atoms. The zero-order chi connectivity index (χ0) is 19.3. The number of rotatable bonds is 6. The van der Waals surface area contributed by atoms with Crippen LogP contribution in [0, 0.1) is 0 Å². The predicted molar refractivity (Wildman–Crippen MR) is 99.9 cm³/mol. The average molecular weight is 372 g/mol. The minimum absolute atomic E-state index is 0.520. The van der Waals surface area contributed by atoms with E-state index < -0.39 is 11.7 Å². The molecule has 4 nitrogen and oxygen atoms in total. The van der Waals surface area contributed by atoms with Crippen molar-refractivity contribution in [2.24, 2.45) is 0 Å². The zero-order valence-corrected chi connectivity index (χ0v) is 14.7. The lowest BCUT2D eigenvalue weighted by Crippen LogP contribution is -2.24. The number of aromatic nitrogens is 2. The van der Waals surface area contributed by atoms with Crippen molar-refractivity contribution in [1.29, 1.82) is 0 Å². The van der Waals surface area contributed by atoms with E-state index in [0.717, 1.165) is 24.2 Å². The number of anilines is 3. The van der Waals surface area contributed by atoms with Crippen LogP contribution < -0.4 is 10.2 Å². The summed E-state index contributed by atoms with van der Waals surface area (Å²) in [6, 6.07) is 16.5. The van der Waals surface area contributed by atoms with Gasteiger partial charge in [-0.3, -0.25) is 0 Å². The van der Waals surface area contributed by atoms with Gasteiger partial charge < -0.3 is 10.2 Å². The summed E-state index contributed by atoms with van der Waals surface area (Å²) in [7, 11) is 0. The van der Waals surface area contributed by atoms with Gasteiger partial charge in [-0.05, 0) is 42.8 Å². The lowest BCUT2D eigenvalue weighted by molar-refractivity contribution is -0.137. The molecule has 2 aromatic carbocycles. The van der Waals surface area contributed by atoms with Gasteiger partial charge in [0.15, 0.2) is 0 Å². The van der Waals surface area contributed by atoms with Crippen LogP contribution in [0.3, 0.4) is 0 Å². The standard InChI is InChI=1S/C20H19F3N4/c1-2-27(14-15-6-4-3-5-7-15)19-24-13-12-18(26-19)25-17-10-8-16(9-11-17)20(21,22)23/h3-13H,2,14H2,1H3,(H,24,25,26). The molecule has 0 bridgehead atoms. The molecule has 0 spiro atoms. The zero-order valence-electron chi connectivity index (χ0n) is 14.7. The smallest absolute Gasteiger partial charge is 0.340 e. The Morgan fingerprint density at radius 1 is 0.963 bits per heavy atom. The first kappa shape index (κ1) is 18.7. The maximum Gasteiger partial charge on any atom is 0.416 e. The second-order valence-electron chi connectivity index (χ2n) is 5.94. The third kappa shape index (κ3) is 4.97. The number of nitrogens with zero attached hydrogens (tertiary/aromatic N) is 3. The van der Waals surface area contributed by atoms with Crippen LogP contribution in [0.2, 0.25) is 0 Å². The first-order valence-corrected chi connectivity index (χ1v) is 8.52. The van der Waals surface area contributed by atoms with Crippen molar-refractivity contribution in [2.45, 2.75) is 19.6 Å². The fraction of sp³-hybridized carbons (Fsp3) is 0.200. The van der Waals surface area contributed by atoms with Crippen LogP contribution in [0.15, 0.2) is 66.9 Å². The number of benzene rings is 2. The van der Waals surface area contributed by atoms with E-state index >= 15 is 0 Å². The van der Waals surface area contributed by atoms with Crippen LogP contribution in [0.5, 0.6) is 0 Å². The summed E-state index contributed by atoms with van der Waals surface area (Å²) in [5.74, 6) is 1.07. The Kier molecular flexibility index (Phi) is 5.59. The Bertz CT molecular complexity index is 864. The molecule has 0 atom stereocenters. The highest BCUT2D eigenvalue weighted by atomic mass is 19.4. The molecule has 3 aromatic rings. The van der Waals surface area contributed by atoms with E-state index in [2.05, 4.69) is 15.3 Å². The Morgan fingerprint density at radius 3 is 2.30 bits per heavy atom. The summed E-state index contributed by atoms with van der Waals surface area (Å²) in [4.78, 5) is 10.8. The lowest BCUT2D eigenvalue weighted by Gasteiger charge is -2.21. The normalized spacial score (nSPS) is 11.3. The molecule has 0 saturated carbocycles. The van der Waals surface area contributed by atoms with Crippen LogP contribution in [0.4, 0.5) is 30.6 Å². The third-order valence-electron chi connectivity index (χ3n) is 4.01. The molecule has 0 fully saturated rings. The highest BCUT2D eigenvalue weighted by Gasteiger charge is 2.29. The van der Waals surface area contributed by atoms with E-state index in [9.17, 15) is 13.2 Å². The Morgan fingerprint density at radius 2 is 1.67 bits per heavy atom. The van der Waals surface area contributed by atoms with Crippen molar-refractivity contribution in [3.63, 3.8) is 0 Å². The number of alkyl halides is 3. The molecule has 1 aromatic heterocycles. The fourth-order valence-corrected chi connectivity index (χ4v) is 2.59. The SMILES string of the molecule is CCN(Cc1ccccc1)c1nccc(Nc2ccc(C(F)(F)F)cc2)n1. The average Bonchev–Trinajstić information content (AvgIpc) is 2.67. The summed E-state index contributed by atoms with van der Waals surface area (Å²) in [5.41, 5.74) is 0.985. The maximum absolute atomic E-state index is 12.7. The summed E-state index contributed by atoms with van der Waals surface area (Å²) in [6.45, 7) is 3.40. The second kappa shape index (κ2) is 8.07. The van der Waals surface area contributed by atoms with Gasteiger partial charge in [-0.2, -0.15) is 18.2 Å². The van der Waals surface area contributed by atoms with Crippen LogP contribution >= 0.6 is 0 Å². The van der Waals surface area contributed by atoms with Gasteiger partial charge in [0.25, 0.3) is 0 Å². The van der Waals surface area contributed by atoms with E-state index in [-0.39, 0.29) is 0 Å². The van der Waals surface area contributed by atoms with Crippen molar-refractivity contribution in [3.05, 3.63) is 78.0 Å². The first-order chi connectivity index (χ1) is 13.0. The van der Waals surface area contributed by atoms with E-state index in [1.54, 1.807) is 12.3 Å². The largest absolute Gasteiger partial charge is 0.416 e. The summed E-state index contributed by atoms with van der Waals surface area (Å²) in [5, 5.41) is 3.02. The molecule has 0 aliphatic heterocycles. The van der Waals surface area contributed by atoms with Crippen molar-refractivity contribution in [2.75, 3.05) is 16.8 Å². The summed E-state index contributed by atoms with van der Waals surface area (Å²) < 4.78 is 38.0. The van der Waals surface area contributed by atoms with E-state index in [4.69, 9.17) is 0 Å². The van der Waals surface area contributed by atoms with Gasteiger partial charge in [-0.15, -0.1) is 0 Å². The molecule has 0 aliphatic rings. The van der Waals surface area contributed by atoms with Crippen molar-refractivity contribution >= 4 is 17.5 Å². The number of nitrogens with one attached hydrogen (secondary N) is 1. The molecule has 1 N–H and O–H groups in total. The molecular weight excluding hydrogens is 353 g/mol. The Balaban J connectivity index is 1.74. The number of halogens is 3. The summed E-state index contributed by atoms with van der Waals surface area (Å²) in [6.07, 6.45) is -2.72. The molecule has 1 heterocycles. The topological polar surface area (TPSA) is 41.1 Å². The highest BCUT2D eigenvalue weighted by Crippen LogP contribution is 2.30. The molecule has 7 heteroatoms. The van der Waals surface area contributed by atoms with E-state index in [1.807, 2.05) is 42.2 Å².